The highest BCUT2D eigenvalue weighted by Gasteiger charge is 2.21. The minimum atomic E-state index is 0. The fourth-order valence-corrected chi connectivity index (χ4v) is 3.41. The summed E-state index contributed by atoms with van der Waals surface area (Å²) in [6, 6.07) is 1.22. The van der Waals surface area contributed by atoms with E-state index in [0.717, 1.165) is 37.9 Å². The lowest BCUT2D eigenvalue weighted by Crippen LogP contribution is -2.42. The van der Waals surface area contributed by atoms with E-state index in [9.17, 15) is 0 Å². The number of halogens is 1. The molecule has 2 N–H and O–H groups in total. The molecule has 5 nitrogen and oxygen atoms in total. The van der Waals surface area contributed by atoms with Gasteiger partial charge in [0.25, 0.3) is 0 Å². The maximum Gasteiger partial charge on any atom is 0.190 e. The van der Waals surface area contributed by atoms with Crippen LogP contribution in [0.2, 0.25) is 0 Å². The van der Waals surface area contributed by atoms with Crippen LogP contribution >= 0.6 is 24.0 Å². The van der Waals surface area contributed by atoms with Gasteiger partial charge in [0.1, 0.15) is 0 Å². The normalized spacial score (nSPS) is 19.2. The molecule has 0 bridgehead atoms. The fourth-order valence-electron chi connectivity index (χ4n) is 3.41. The van der Waals surface area contributed by atoms with Gasteiger partial charge in [-0.3, -0.25) is 9.89 Å². The highest BCUT2D eigenvalue weighted by atomic mass is 127. The van der Waals surface area contributed by atoms with Crippen LogP contribution in [0.25, 0.3) is 0 Å². The second kappa shape index (κ2) is 13.2. The molecule has 0 radical (unpaired) electrons. The summed E-state index contributed by atoms with van der Waals surface area (Å²) in [6.45, 7) is 18.1. The molecule has 144 valence electrons. The van der Waals surface area contributed by atoms with E-state index in [1.165, 1.54) is 26.1 Å². The summed E-state index contributed by atoms with van der Waals surface area (Å²) in [5, 5.41) is 6.94. The van der Waals surface area contributed by atoms with E-state index >= 15 is 0 Å². The molecule has 1 unspecified atom stereocenters. The first-order valence-corrected chi connectivity index (χ1v) is 9.40. The molecule has 0 aliphatic carbocycles. The van der Waals surface area contributed by atoms with Gasteiger partial charge < -0.3 is 15.5 Å². The maximum absolute atomic E-state index is 4.34. The Balaban J connectivity index is 0.00000529. The van der Waals surface area contributed by atoms with Crippen LogP contribution in [0.15, 0.2) is 4.99 Å². The number of hydrogen-bond acceptors (Lipinski definition) is 3. The Morgan fingerprint density at radius 1 is 1.21 bits per heavy atom. The van der Waals surface area contributed by atoms with Crippen LogP contribution in [-0.4, -0.2) is 74.2 Å². The van der Waals surface area contributed by atoms with Gasteiger partial charge in [-0.25, -0.2) is 0 Å². The zero-order valence-corrected chi connectivity index (χ0v) is 19.0. The van der Waals surface area contributed by atoms with Crippen molar-refractivity contribution in [2.75, 3.05) is 46.3 Å². The molecule has 1 fully saturated rings. The Labute approximate surface area is 167 Å². The van der Waals surface area contributed by atoms with Crippen molar-refractivity contribution >= 4 is 29.9 Å². The molecule has 0 aromatic carbocycles. The quantitative estimate of drug-likeness (QED) is 0.244. The fraction of sp³-hybridized carbons (Fsp3) is 0.944. The zero-order valence-electron chi connectivity index (χ0n) is 16.6. The average molecular weight is 453 g/mol. The monoisotopic (exact) mass is 453 g/mol. The minimum Gasteiger partial charge on any atom is -0.356 e. The Morgan fingerprint density at radius 2 is 1.88 bits per heavy atom. The summed E-state index contributed by atoms with van der Waals surface area (Å²) in [4.78, 5) is 9.40. The van der Waals surface area contributed by atoms with Crippen molar-refractivity contribution in [1.29, 1.82) is 0 Å². The Morgan fingerprint density at radius 3 is 2.38 bits per heavy atom. The van der Waals surface area contributed by atoms with Crippen LogP contribution in [0.5, 0.6) is 0 Å². The molecule has 0 amide bonds. The molecule has 1 atom stereocenters. The molecule has 1 heterocycles. The molecule has 1 saturated heterocycles. The molecular formula is C18H40IN5. The Kier molecular flexibility index (Phi) is 13.1. The van der Waals surface area contributed by atoms with E-state index < -0.39 is 0 Å². The van der Waals surface area contributed by atoms with Crippen molar-refractivity contribution in [3.8, 4) is 0 Å². The first kappa shape index (κ1) is 23.9. The first-order chi connectivity index (χ1) is 11.0. The summed E-state index contributed by atoms with van der Waals surface area (Å²) >= 11 is 0. The van der Waals surface area contributed by atoms with Gasteiger partial charge in [0.2, 0.25) is 0 Å². The van der Waals surface area contributed by atoms with E-state index in [-0.39, 0.29) is 24.0 Å². The van der Waals surface area contributed by atoms with Crippen LogP contribution in [0.4, 0.5) is 0 Å². The number of rotatable bonds is 9. The van der Waals surface area contributed by atoms with Crippen LogP contribution in [0, 0.1) is 5.92 Å². The predicted octanol–water partition coefficient (Wildman–Crippen LogP) is 2.62. The van der Waals surface area contributed by atoms with Gasteiger partial charge in [0.15, 0.2) is 5.96 Å². The SMILES string of the molecule is CCN1CCC(CNC(=NC)NCCCN(C(C)C)C(C)C)C1.I. The zero-order chi connectivity index (χ0) is 17.2. The number of hydrogen-bond donors (Lipinski definition) is 2. The van der Waals surface area contributed by atoms with Crippen molar-refractivity contribution in [2.24, 2.45) is 10.9 Å². The van der Waals surface area contributed by atoms with Crippen molar-refractivity contribution in [3.05, 3.63) is 0 Å². The number of nitrogens with zero attached hydrogens (tertiary/aromatic N) is 3. The smallest absolute Gasteiger partial charge is 0.190 e. The second-order valence-electron chi connectivity index (χ2n) is 7.21. The molecule has 1 rings (SSSR count). The highest BCUT2D eigenvalue weighted by molar-refractivity contribution is 14.0. The van der Waals surface area contributed by atoms with Crippen molar-refractivity contribution in [1.82, 2.24) is 20.4 Å². The summed E-state index contributed by atoms with van der Waals surface area (Å²) in [6.07, 6.45) is 2.44. The lowest BCUT2D eigenvalue weighted by atomic mass is 10.1. The van der Waals surface area contributed by atoms with E-state index in [4.69, 9.17) is 0 Å². The van der Waals surface area contributed by atoms with Crippen molar-refractivity contribution in [3.63, 3.8) is 0 Å². The predicted molar refractivity (Wildman–Crippen MR) is 117 cm³/mol. The van der Waals surface area contributed by atoms with Gasteiger partial charge >= 0.3 is 0 Å². The highest BCUT2D eigenvalue weighted by Crippen LogP contribution is 2.14. The lowest BCUT2D eigenvalue weighted by Gasteiger charge is -2.30. The van der Waals surface area contributed by atoms with E-state index in [2.05, 4.69) is 60.0 Å². The minimum absolute atomic E-state index is 0. The molecule has 0 aromatic heterocycles. The molecule has 0 saturated carbocycles. The van der Waals surface area contributed by atoms with Gasteiger partial charge in [0, 0.05) is 45.3 Å². The molecule has 24 heavy (non-hydrogen) atoms. The molecule has 6 heteroatoms. The lowest BCUT2D eigenvalue weighted by molar-refractivity contribution is 0.173. The third-order valence-electron chi connectivity index (χ3n) is 4.81. The molecule has 1 aliphatic rings. The summed E-state index contributed by atoms with van der Waals surface area (Å²) in [5.41, 5.74) is 0. The summed E-state index contributed by atoms with van der Waals surface area (Å²) < 4.78 is 0. The number of aliphatic imine (C=N–C) groups is 1. The Bertz CT molecular complexity index is 338. The number of likely N-dealkylation sites (tertiary alicyclic amines) is 1. The summed E-state index contributed by atoms with van der Waals surface area (Å²) in [7, 11) is 1.86. The molecular weight excluding hydrogens is 413 g/mol. The maximum atomic E-state index is 4.34. The van der Waals surface area contributed by atoms with E-state index in [1.54, 1.807) is 0 Å². The van der Waals surface area contributed by atoms with Crippen LogP contribution in [0.3, 0.4) is 0 Å². The van der Waals surface area contributed by atoms with E-state index in [1.807, 2.05) is 7.05 Å². The summed E-state index contributed by atoms with van der Waals surface area (Å²) in [5.74, 6) is 1.70. The topological polar surface area (TPSA) is 42.9 Å². The second-order valence-corrected chi connectivity index (χ2v) is 7.21. The van der Waals surface area contributed by atoms with Gasteiger partial charge in [-0.05, 0) is 59.5 Å². The van der Waals surface area contributed by atoms with Crippen LogP contribution in [0.1, 0.15) is 47.5 Å². The molecule has 1 aliphatic heterocycles. The average Bonchev–Trinajstić information content (AvgIpc) is 2.97. The largest absolute Gasteiger partial charge is 0.356 e. The standard InChI is InChI=1S/C18H39N5.HI/c1-7-22-12-9-17(14-22)13-21-18(19-6)20-10-8-11-23(15(2)3)16(4)5;/h15-17H,7-14H2,1-6H3,(H2,19,20,21);1H. The third-order valence-corrected chi connectivity index (χ3v) is 4.81. The van der Waals surface area contributed by atoms with Crippen LogP contribution in [-0.2, 0) is 0 Å². The van der Waals surface area contributed by atoms with Crippen molar-refractivity contribution < 1.29 is 0 Å². The molecule has 0 spiro atoms. The van der Waals surface area contributed by atoms with Gasteiger partial charge in [-0.15, -0.1) is 24.0 Å². The molecule has 0 aromatic rings. The van der Waals surface area contributed by atoms with Gasteiger partial charge in [0.05, 0.1) is 0 Å². The van der Waals surface area contributed by atoms with Crippen LogP contribution < -0.4 is 10.6 Å². The Hall–Kier alpha value is -0.0800. The third kappa shape index (κ3) is 8.85. The van der Waals surface area contributed by atoms with Gasteiger partial charge in [-0.1, -0.05) is 6.92 Å². The van der Waals surface area contributed by atoms with E-state index in [0.29, 0.717) is 12.1 Å². The number of guanidine groups is 1. The number of nitrogens with one attached hydrogen (secondary N) is 2. The van der Waals surface area contributed by atoms with Crippen molar-refractivity contribution in [2.45, 2.75) is 59.5 Å². The first-order valence-electron chi connectivity index (χ1n) is 9.40. The van der Waals surface area contributed by atoms with Gasteiger partial charge in [-0.2, -0.15) is 0 Å².